The lowest BCUT2D eigenvalue weighted by Gasteiger charge is -2.33. The predicted molar refractivity (Wildman–Crippen MR) is 79.3 cm³/mol. The molecule has 0 heterocycles. The van der Waals surface area contributed by atoms with Crippen LogP contribution in [0.5, 0.6) is 5.75 Å². The Kier molecular flexibility index (Phi) is 4.48. The fourth-order valence-corrected chi connectivity index (χ4v) is 3.17. The SMILES string of the molecule is COc1ccc(CN(C)CC2(C)CCCC2N)cc1. The van der Waals surface area contributed by atoms with Gasteiger partial charge >= 0.3 is 0 Å². The fourth-order valence-electron chi connectivity index (χ4n) is 3.17. The third-order valence-corrected chi connectivity index (χ3v) is 4.40. The first-order valence-electron chi connectivity index (χ1n) is 7.10. The van der Waals surface area contributed by atoms with Crippen LogP contribution in [0.2, 0.25) is 0 Å². The standard InChI is InChI=1S/C16H26N2O/c1-16(10-4-5-15(16)17)12-18(2)11-13-6-8-14(19-3)9-7-13/h6-9,15H,4-5,10-12,17H2,1-3H3. The maximum Gasteiger partial charge on any atom is 0.118 e. The molecular weight excluding hydrogens is 236 g/mol. The van der Waals surface area contributed by atoms with E-state index in [4.69, 9.17) is 10.5 Å². The molecule has 0 amide bonds. The Balaban J connectivity index is 1.91. The van der Waals surface area contributed by atoms with Crippen LogP contribution in [0.15, 0.2) is 24.3 Å². The minimum Gasteiger partial charge on any atom is -0.497 e. The number of nitrogens with zero attached hydrogens (tertiary/aromatic N) is 1. The van der Waals surface area contributed by atoms with Crippen molar-refractivity contribution in [3.05, 3.63) is 29.8 Å². The number of nitrogens with two attached hydrogens (primary N) is 1. The molecule has 106 valence electrons. The van der Waals surface area contributed by atoms with Crippen molar-refractivity contribution in [1.82, 2.24) is 4.90 Å². The molecule has 1 aliphatic rings. The summed E-state index contributed by atoms with van der Waals surface area (Å²) in [6.45, 7) is 4.36. The van der Waals surface area contributed by atoms with Gasteiger partial charge in [-0.1, -0.05) is 25.5 Å². The van der Waals surface area contributed by atoms with E-state index in [-0.39, 0.29) is 5.41 Å². The first-order chi connectivity index (χ1) is 9.03. The monoisotopic (exact) mass is 262 g/mol. The highest BCUT2D eigenvalue weighted by atomic mass is 16.5. The first-order valence-corrected chi connectivity index (χ1v) is 7.10. The van der Waals surface area contributed by atoms with Crippen molar-refractivity contribution in [3.8, 4) is 5.75 Å². The second-order valence-corrected chi connectivity index (χ2v) is 6.17. The van der Waals surface area contributed by atoms with Crippen LogP contribution in [0.1, 0.15) is 31.7 Å². The molecule has 1 aromatic carbocycles. The third kappa shape index (κ3) is 3.48. The van der Waals surface area contributed by atoms with Gasteiger partial charge in [0.25, 0.3) is 0 Å². The molecule has 3 nitrogen and oxygen atoms in total. The largest absolute Gasteiger partial charge is 0.497 e. The molecule has 3 heteroatoms. The fraction of sp³-hybridized carbons (Fsp3) is 0.625. The molecule has 0 bridgehead atoms. The molecule has 2 N–H and O–H groups in total. The summed E-state index contributed by atoms with van der Waals surface area (Å²) in [5.41, 5.74) is 7.85. The smallest absolute Gasteiger partial charge is 0.118 e. The van der Waals surface area contributed by atoms with Crippen LogP contribution in [0, 0.1) is 5.41 Å². The van der Waals surface area contributed by atoms with E-state index in [0.717, 1.165) is 18.8 Å². The van der Waals surface area contributed by atoms with Crippen LogP contribution in [-0.2, 0) is 6.54 Å². The van der Waals surface area contributed by atoms with Gasteiger partial charge in [0.2, 0.25) is 0 Å². The Morgan fingerprint density at radius 3 is 2.58 bits per heavy atom. The van der Waals surface area contributed by atoms with Crippen LogP contribution in [0.4, 0.5) is 0 Å². The van der Waals surface area contributed by atoms with Gasteiger partial charge in [0.1, 0.15) is 5.75 Å². The molecule has 19 heavy (non-hydrogen) atoms. The minimum absolute atomic E-state index is 0.279. The zero-order valence-electron chi connectivity index (χ0n) is 12.4. The first kappa shape index (κ1) is 14.4. The summed E-state index contributed by atoms with van der Waals surface area (Å²) in [6, 6.07) is 8.66. The van der Waals surface area contributed by atoms with Crippen molar-refractivity contribution in [1.29, 1.82) is 0 Å². The summed E-state index contributed by atoms with van der Waals surface area (Å²) < 4.78 is 5.18. The van der Waals surface area contributed by atoms with Gasteiger partial charge in [-0.05, 0) is 43.0 Å². The topological polar surface area (TPSA) is 38.5 Å². The Bertz CT molecular complexity index is 404. The molecule has 2 rings (SSSR count). The summed E-state index contributed by atoms with van der Waals surface area (Å²) in [6.07, 6.45) is 3.70. The maximum atomic E-state index is 6.25. The van der Waals surface area contributed by atoms with E-state index >= 15 is 0 Å². The highest BCUT2D eigenvalue weighted by Gasteiger charge is 2.36. The number of benzene rings is 1. The minimum atomic E-state index is 0.279. The zero-order valence-corrected chi connectivity index (χ0v) is 12.4. The van der Waals surface area contributed by atoms with Gasteiger partial charge in [0.15, 0.2) is 0 Å². The molecule has 1 aromatic rings. The third-order valence-electron chi connectivity index (χ3n) is 4.40. The van der Waals surface area contributed by atoms with Gasteiger partial charge in [-0.2, -0.15) is 0 Å². The van der Waals surface area contributed by atoms with E-state index in [9.17, 15) is 0 Å². The number of methoxy groups -OCH3 is 1. The second kappa shape index (κ2) is 5.93. The number of hydrogen-bond donors (Lipinski definition) is 1. The van der Waals surface area contributed by atoms with Crippen LogP contribution in [0.3, 0.4) is 0 Å². The van der Waals surface area contributed by atoms with Crippen molar-refractivity contribution in [2.45, 2.75) is 38.8 Å². The lowest BCUT2D eigenvalue weighted by Crippen LogP contribution is -2.42. The van der Waals surface area contributed by atoms with Gasteiger partial charge in [-0.3, -0.25) is 0 Å². The highest BCUT2D eigenvalue weighted by Crippen LogP contribution is 2.37. The van der Waals surface area contributed by atoms with Crippen LogP contribution >= 0.6 is 0 Å². The summed E-state index contributed by atoms with van der Waals surface area (Å²) >= 11 is 0. The highest BCUT2D eigenvalue weighted by molar-refractivity contribution is 5.27. The van der Waals surface area contributed by atoms with Gasteiger partial charge in [0, 0.05) is 19.1 Å². The molecule has 0 saturated heterocycles. The van der Waals surface area contributed by atoms with E-state index in [0.29, 0.717) is 6.04 Å². The number of ether oxygens (including phenoxy) is 1. The lowest BCUT2D eigenvalue weighted by molar-refractivity contribution is 0.173. The molecule has 0 radical (unpaired) electrons. The predicted octanol–water partition coefficient (Wildman–Crippen LogP) is 2.64. The van der Waals surface area contributed by atoms with Crippen LogP contribution < -0.4 is 10.5 Å². The van der Waals surface area contributed by atoms with E-state index < -0.39 is 0 Å². The maximum absolute atomic E-state index is 6.25. The quantitative estimate of drug-likeness (QED) is 0.886. The van der Waals surface area contributed by atoms with Gasteiger partial charge < -0.3 is 15.4 Å². The summed E-state index contributed by atoms with van der Waals surface area (Å²) in [4.78, 5) is 2.38. The molecular formula is C16H26N2O. The average molecular weight is 262 g/mol. The van der Waals surface area contributed by atoms with Crippen molar-refractivity contribution in [2.75, 3.05) is 20.7 Å². The van der Waals surface area contributed by atoms with Crippen molar-refractivity contribution in [3.63, 3.8) is 0 Å². The van der Waals surface area contributed by atoms with Gasteiger partial charge in [0.05, 0.1) is 7.11 Å². The summed E-state index contributed by atoms with van der Waals surface area (Å²) in [5.74, 6) is 0.913. The second-order valence-electron chi connectivity index (χ2n) is 6.17. The number of rotatable bonds is 5. The van der Waals surface area contributed by atoms with Gasteiger partial charge in [-0.25, -0.2) is 0 Å². The van der Waals surface area contributed by atoms with Crippen molar-refractivity contribution in [2.24, 2.45) is 11.1 Å². The van der Waals surface area contributed by atoms with Crippen molar-refractivity contribution < 1.29 is 4.74 Å². The molecule has 0 aliphatic heterocycles. The van der Waals surface area contributed by atoms with Crippen LogP contribution in [0.25, 0.3) is 0 Å². The molecule has 0 aromatic heterocycles. The molecule has 1 aliphatic carbocycles. The Hall–Kier alpha value is -1.06. The molecule has 0 spiro atoms. The Morgan fingerprint density at radius 2 is 2.05 bits per heavy atom. The Labute approximate surface area is 116 Å². The summed E-state index contributed by atoms with van der Waals surface area (Å²) in [7, 11) is 3.88. The molecule has 1 saturated carbocycles. The van der Waals surface area contributed by atoms with E-state index in [1.54, 1.807) is 7.11 Å². The van der Waals surface area contributed by atoms with Crippen molar-refractivity contribution >= 4 is 0 Å². The van der Waals surface area contributed by atoms with E-state index in [1.165, 1.54) is 24.8 Å². The van der Waals surface area contributed by atoms with Gasteiger partial charge in [-0.15, -0.1) is 0 Å². The normalized spacial score (nSPS) is 26.9. The van der Waals surface area contributed by atoms with E-state index in [1.807, 2.05) is 12.1 Å². The molecule has 1 fully saturated rings. The Morgan fingerprint density at radius 1 is 1.37 bits per heavy atom. The summed E-state index contributed by atoms with van der Waals surface area (Å²) in [5, 5.41) is 0. The average Bonchev–Trinajstić information content (AvgIpc) is 2.70. The number of hydrogen-bond acceptors (Lipinski definition) is 3. The molecule has 2 atom stereocenters. The van der Waals surface area contributed by atoms with E-state index in [2.05, 4.69) is 31.0 Å². The lowest BCUT2D eigenvalue weighted by atomic mass is 9.84. The van der Waals surface area contributed by atoms with Crippen LogP contribution in [-0.4, -0.2) is 31.6 Å². The molecule has 2 unspecified atom stereocenters. The zero-order chi connectivity index (χ0) is 13.9.